The van der Waals surface area contributed by atoms with Crippen LogP contribution < -0.4 is 0 Å². The van der Waals surface area contributed by atoms with Crippen molar-refractivity contribution in [1.82, 2.24) is 4.90 Å². The Hall–Kier alpha value is -2.47. The molecule has 0 aliphatic carbocycles. The highest BCUT2D eigenvalue weighted by molar-refractivity contribution is 7.11. The number of piperidine rings is 1. The number of likely N-dealkylation sites (tertiary alicyclic amines) is 1. The Bertz CT molecular complexity index is 835. The number of amides is 1. The van der Waals surface area contributed by atoms with E-state index in [4.69, 9.17) is 4.74 Å². The van der Waals surface area contributed by atoms with Crippen molar-refractivity contribution in [2.24, 2.45) is 0 Å². The summed E-state index contributed by atoms with van der Waals surface area (Å²) in [5, 5.41) is 1.86. The van der Waals surface area contributed by atoms with E-state index in [1.807, 2.05) is 36.3 Å². The third kappa shape index (κ3) is 4.87. The molecule has 1 aromatic carbocycles. The van der Waals surface area contributed by atoms with Crippen LogP contribution in [0.4, 0.5) is 4.39 Å². The van der Waals surface area contributed by atoms with Gasteiger partial charge in [0.05, 0.1) is 5.57 Å². The molecule has 2 atom stereocenters. The lowest BCUT2D eigenvalue weighted by Gasteiger charge is -2.38. The molecule has 0 radical (unpaired) electrons. The number of hydrogen-bond acceptors (Lipinski definition) is 4. The van der Waals surface area contributed by atoms with Crippen LogP contribution in [0.25, 0.3) is 11.6 Å². The summed E-state index contributed by atoms with van der Waals surface area (Å²) < 4.78 is 18.5. The van der Waals surface area contributed by atoms with Crippen LogP contribution in [0.15, 0.2) is 41.8 Å². The van der Waals surface area contributed by atoms with E-state index in [0.29, 0.717) is 11.1 Å². The van der Waals surface area contributed by atoms with Crippen LogP contribution in [0.2, 0.25) is 0 Å². The zero-order chi connectivity index (χ0) is 20.1. The highest BCUT2D eigenvalue weighted by Crippen LogP contribution is 2.25. The lowest BCUT2D eigenvalue weighted by molar-refractivity contribution is -0.151. The molecule has 1 aromatic heterocycles. The van der Waals surface area contributed by atoms with Crippen molar-refractivity contribution in [3.8, 4) is 0 Å². The fraction of sp³-hybridized carbons (Fsp3) is 0.364. The molecule has 2 aromatic rings. The van der Waals surface area contributed by atoms with Crippen molar-refractivity contribution >= 4 is 34.9 Å². The molecule has 4 nitrogen and oxygen atoms in total. The van der Waals surface area contributed by atoms with Gasteiger partial charge in [-0.15, -0.1) is 11.3 Å². The summed E-state index contributed by atoms with van der Waals surface area (Å²) >= 11 is 1.41. The van der Waals surface area contributed by atoms with Gasteiger partial charge in [-0.3, -0.25) is 4.79 Å². The number of thiophene rings is 1. The Kier molecular flexibility index (Phi) is 6.62. The van der Waals surface area contributed by atoms with Gasteiger partial charge in [-0.05, 0) is 68.3 Å². The molecule has 1 aliphatic heterocycles. The molecule has 6 heteroatoms. The third-order valence-electron chi connectivity index (χ3n) is 5.00. The van der Waals surface area contributed by atoms with Crippen molar-refractivity contribution < 1.29 is 18.7 Å². The first kappa shape index (κ1) is 20.3. The number of nitrogens with zero attached hydrogens (tertiary/aromatic N) is 1. The van der Waals surface area contributed by atoms with Gasteiger partial charge < -0.3 is 9.64 Å². The van der Waals surface area contributed by atoms with Crippen LogP contribution in [0.5, 0.6) is 0 Å². The Morgan fingerprint density at radius 1 is 1.18 bits per heavy atom. The van der Waals surface area contributed by atoms with Crippen molar-refractivity contribution in [1.29, 1.82) is 0 Å². The maximum absolute atomic E-state index is 13.2. The number of esters is 1. The molecule has 1 aliphatic rings. The van der Waals surface area contributed by atoms with Crippen molar-refractivity contribution in [2.75, 3.05) is 6.61 Å². The maximum Gasteiger partial charge on any atom is 0.340 e. The fourth-order valence-corrected chi connectivity index (χ4v) is 4.31. The molecule has 0 saturated carbocycles. The molecule has 0 spiro atoms. The molecule has 0 unspecified atom stereocenters. The molecule has 1 amide bonds. The Morgan fingerprint density at radius 3 is 2.46 bits per heavy atom. The van der Waals surface area contributed by atoms with E-state index in [1.54, 1.807) is 18.2 Å². The van der Waals surface area contributed by atoms with Gasteiger partial charge >= 0.3 is 5.97 Å². The first-order valence-electron chi connectivity index (χ1n) is 9.45. The normalized spacial score (nSPS) is 20.1. The van der Waals surface area contributed by atoms with E-state index in [0.717, 1.165) is 24.1 Å². The van der Waals surface area contributed by atoms with E-state index < -0.39 is 5.97 Å². The van der Waals surface area contributed by atoms with E-state index in [-0.39, 0.29) is 30.4 Å². The lowest BCUT2D eigenvalue weighted by atomic mass is 9.97. The second kappa shape index (κ2) is 9.15. The highest BCUT2D eigenvalue weighted by atomic mass is 32.1. The number of benzene rings is 1. The number of ether oxygens (including phenoxy) is 1. The van der Waals surface area contributed by atoms with Gasteiger partial charge in [-0.2, -0.15) is 0 Å². The fourth-order valence-electron chi connectivity index (χ4n) is 3.58. The third-order valence-corrected chi connectivity index (χ3v) is 5.90. The van der Waals surface area contributed by atoms with Crippen LogP contribution in [0, 0.1) is 5.82 Å². The monoisotopic (exact) mass is 401 g/mol. The summed E-state index contributed by atoms with van der Waals surface area (Å²) in [6, 6.07) is 9.84. The summed E-state index contributed by atoms with van der Waals surface area (Å²) in [7, 11) is 0. The molecule has 148 valence electrons. The minimum absolute atomic E-state index is 0.154. The van der Waals surface area contributed by atoms with E-state index in [1.165, 1.54) is 23.5 Å². The topological polar surface area (TPSA) is 46.6 Å². The Labute approximate surface area is 168 Å². The number of carbonyl (C=O) groups excluding carboxylic acids is 2. The smallest absolute Gasteiger partial charge is 0.340 e. The minimum atomic E-state index is -0.558. The highest BCUT2D eigenvalue weighted by Gasteiger charge is 2.29. The zero-order valence-corrected chi connectivity index (χ0v) is 16.9. The van der Waals surface area contributed by atoms with Crippen LogP contribution in [0.3, 0.4) is 0 Å². The maximum atomic E-state index is 13.2. The SMILES string of the molecule is C[C@@H]1CCC[C@H](C)N1C(=O)COC(=O)/C(=C/c1ccc(F)cc1)c1cccs1. The van der Waals surface area contributed by atoms with Crippen LogP contribution >= 0.6 is 11.3 Å². The number of halogens is 1. The molecular formula is C22H24FNO3S. The largest absolute Gasteiger partial charge is 0.452 e. The minimum Gasteiger partial charge on any atom is -0.452 e. The van der Waals surface area contributed by atoms with E-state index in [9.17, 15) is 14.0 Å². The van der Waals surface area contributed by atoms with Crippen molar-refractivity contribution in [2.45, 2.75) is 45.2 Å². The zero-order valence-electron chi connectivity index (χ0n) is 16.1. The average molecular weight is 402 g/mol. The van der Waals surface area contributed by atoms with Gasteiger partial charge in [0.15, 0.2) is 6.61 Å². The van der Waals surface area contributed by atoms with Gasteiger partial charge in [-0.25, -0.2) is 9.18 Å². The molecule has 1 saturated heterocycles. The molecule has 28 heavy (non-hydrogen) atoms. The van der Waals surface area contributed by atoms with Crippen molar-refractivity contribution in [3.05, 3.63) is 58.0 Å². The summed E-state index contributed by atoms with van der Waals surface area (Å²) in [5.74, 6) is -1.06. The van der Waals surface area contributed by atoms with E-state index in [2.05, 4.69) is 0 Å². The predicted octanol–water partition coefficient (Wildman–Crippen LogP) is 4.76. The van der Waals surface area contributed by atoms with E-state index >= 15 is 0 Å². The predicted molar refractivity (Wildman–Crippen MR) is 109 cm³/mol. The quantitative estimate of drug-likeness (QED) is 0.536. The molecule has 3 rings (SSSR count). The first-order valence-corrected chi connectivity index (χ1v) is 10.3. The second-order valence-electron chi connectivity index (χ2n) is 7.09. The lowest BCUT2D eigenvalue weighted by Crippen LogP contribution is -2.49. The van der Waals surface area contributed by atoms with Gasteiger partial charge in [0.25, 0.3) is 5.91 Å². The molecular weight excluding hydrogens is 377 g/mol. The average Bonchev–Trinajstić information content (AvgIpc) is 3.20. The molecule has 1 fully saturated rings. The molecule has 2 heterocycles. The number of rotatable bonds is 5. The van der Waals surface area contributed by atoms with Crippen LogP contribution in [-0.2, 0) is 14.3 Å². The van der Waals surface area contributed by atoms with Crippen LogP contribution in [0.1, 0.15) is 43.6 Å². The summed E-state index contributed by atoms with van der Waals surface area (Å²) in [6.45, 7) is 3.78. The van der Waals surface area contributed by atoms with Gasteiger partial charge in [-0.1, -0.05) is 18.2 Å². The standard InChI is InChI=1S/C22H24FNO3S/c1-15-5-3-6-16(2)24(15)21(25)14-27-22(26)19(20-7-4-12-28-20)13-17-8-10-18(23)11-9-17/h4,7-13,15-16H,3,5-6,14H2,1-2H3/b19-13+/t15-,16+. The first-order chi connectivity index (χ1) is 13.5. The molecule has 0 bridgehead atoms. The Balaban J connectivity index is 1.73. The van der Waals surface area contributed by atoms with Gasteiger partial charge in [0.2, 0.25) is 0 Å². The summed E-state index contributed by atoms with van der Waals surface area (Å²) in [6.07, 6.45) is 4.70. The van der Waals surface area contributed by atoms with Gasteiger partial charge in [0.1, 0.15) is 5.82 Å². The number of carbonyl (C=O) groups is 2. The van der Waals surface area contributed by atoms with Crippen molar-refractivity contribution in [3.63, 3.8) is 0 Å². The Morgan fingerprint density at radius 2 is 1.86 bits per heavy atom. The second-order valence-corrected chi connectivity index (χ2v) is 8.04. The summed E-state index contributed by atoms with van der Waals surface area (Å²) in [4.78, 5) is 27.9. The summed E-state index contributed by atoms with van der Waals surface area (Å²) in [5.41, 5.74) is 1.04. The molecule has 0 N–H and O–H groups in total. The van der Waals surface area contributed by atoms with Gasteiger partial charge in [0, 0.05) is 17.0 Å². The van der Waals surface area contributed by atoms with Crippen LogP contribution in [-0.4, -0.2) is 35.5 Å². The number of hydrogen-bond donors (Lipinski definition) is 0.